The molecule has 0 amide bonds. The standard InChI is InChI=1S/C28H27F3N4O4/c1-26(2,3)39-25(38)35-12-4-5-23(35)21-8-6-20(17-33-21)27(24(36)37)10-13-34(14-11-27)22-9-7-19(28(29,30)31)15-18(22)16-32/h4-9,12,15,17H,10-11,13-14H2,1-3H3,(H,36,37). The van der Waals surface area contributed by atoms with Gasteiger partial charge in [-0.25, -0.2) is 4.79 Å². The molecule has 0 aliphatic carbocycles. The Bertz CT molecular complexity index is 1420. The number of pyridine rings is 1. The number of carbonyl (C=O) groups is 2. The van der Waals surface area contributed by atoms with Crippen molar-refractivity contribution in [3.63, 3.8) is 0 Å². The summed E-state index contributed by atoms with van der Waals surface area (Å²) < 4.78 is 46.0. The van der Waals surface area contributed by atoms with Crippen molar-refractivity contribution >= 4 is 17.7 Å². The number of hydrogen-bond donors (Lipinski definition) is 1. The minimum absolute atomic E-state index is 0.119. The van der Waals surface area contributed by atoms with Crippen molar-refractivity contribution in [2.24, 2.45) is 0 Å². The Balaban J connectivity index is 1.56. The van der Waals surface area contributed by atoms with Crippen molar-refractivity contribution in [2.45, 2.75) is 50.8 Å². The van der Waals surface area contributed by atoms with Crippen LogP contribution in [-0.2, 0) is 21.1 Å². The maximum atomic E-state index is 13.1. The molecule has 0 radical (unpaired) electrons. The van der Waals surface area contributed by atoms with Crippen LogP contribution in [0.15, 0.2) is 54.9 Å². The maximum Gasteiger partial charge on any atom is 0.419 e. The Morgan fingerprint density at radius 2 is 1.79 bits per heavy atom. The zero-order chi connectivity index (χ0) is 28.6. The zero-order valence-corrected chi connectivity index (χ0v) is 21.6. The molecule has 2 aromatic heterocycles. The third kappa shape index (κ3) is 5.60. The molecular weight excluding hydrogens is 513 g/mol. The number of ether oxygens (including phenoxy) is 1. The normalized spacial score (nSPS) is 15.5. The Morgan fingerprint density at radius 1 is 1.10 bits per heavy atom. The molecule has 1 saturated heterocycles. The van der Waals surface area contributed by atoms with Gasteiger partial charge in [0.1, 0.15) is 11.7 Å². The molecule has 1 aliphatic heterocycles. The van der Waals surface area contributed by atoms with Crippen molar-refractivity contribution in [1.29, 1.82) is 5.26 Å². The van der Waals surface area contributed by atoms with Crippen LogP contribution in [0.25, 0.3) is 11.4 Å². The number of carboxylic acid groups (broad SMARTS) is 1. The van der Waals surface area contributed by atoms with Gasteiger partial charge in [0, 0.05) is 25.5 Å². The lowest BCUT2D eigenvalue weighted by atomic mass is 9.73. The second-order valence-electron chi connectivity index (χ2n) is 10.4. The number of halogens is 3. The number of aromatic nitrogens is 2. The molecule has 11 heteroatoms. The molecule has 0 bridgehead atoms. The largest absolute Gasteiger partial charge is 0.481 e. The van der Waals surface area contributed by atoms with Gasteiger partial charge in [0.05, 0.1) is 33.6 Å². The van der Waals surface area contributed by atoms with E-state index in [4.69, 9.17) is 4.74 Å². The average molecular weight is 541 g/mol. The highest BCUT2D eigenvalue weighted by Crippen LogP contribution is 2.39. The smallest absolute Gasteiger partial charge is 0.419 e. The zero-order valence-electron chi connectivity index (χ0n) is 21.6. The number of nitriles is 1. The van der Waals surface area contributed by atoms with Gasteiger partial charge in [-0.05, 0) is 75.6 Å². The first kappa shape index (κ1) is 27.7. The molecule has 3 aromatic rings. The number of carboxylic acids is 1. The van der Waals surface area contributed by atoms with Gasteiger partial charge in [-0.1, -0.05) is 6.07 Å². The van der Waals surface area contributed by atoms with Crippen LogP contribution >= 0.6 is 0 Å². The molecule has 1 fully saturated rings. The Kier molecular flexibility index (Phi) is 7.17. The quantitative estimate of drug-likeness (QED) is 0.442. The van der Waals surface area contributed by atoms with Gasteiger partial charge >= 0.3 is 18.2 Å². The van der Waals surface area contributed by atoms with Crippen molar-refractivity contribution < 1.29 is 32.6 Å². The van der Waals surface area contributed by atoms with Crippen molar-refractivity contribution in [1.82, 2.24) is 9.55 Å². The Labute approximate surface area is 223 Å². The highest BCUT2D eigenvalue weighted by molar-refractivity contribution is 5.82. The highest BCUT2D eigenvalue weighted by atomic mass is 19.4. The van der Waals surface area contributed by atoms with Crippen LogP contribution in [0.1, 0.15) is 50.3 Å². The third-order valence-corrected chi connectivity index (χ3v) is 6.73. The molecule has 0 spiro atoms. The summed E-state index contributed by atoms with van der Waals surface area (Å²) in [6.45, 7) is 5.72. The molecule has 3 heterocycles. The number of nitrogens with zero attached hydrogens (tertiary/aromatic N) is 4. The topological polar surface area (TPSA) is 108 Å². The number of hydrogen-bond acceptors (Lipinski definition) is 6. The number of carbonyl (C=O) groups excluding carboxylic acids is 1. The van der Waals surface area contributed by atoms with E-state index in [0.717, 1.165) is 12.1 Å². The van der Waals surface area contributed by atoms with Crippen molar-refractivity contribution in [3.8, 4) is 17.5 Å². The summed E-state index contributed by atoms with van der Waals surface area (Å²) >= 11 is 0. The first-order valence-corrected chi connectivity index (χ1v) is 12.2. The van der Waals surface area contributed by atoms with E-state index < -0.39 is 34.8 Å². The molecule has 204 valence electrons. The average Bonchev–Trinajstić information content (AvgIpc) is 3.37. The summed E-state index contributed by atoms with van der Waals surface area (Å²) in [5.74, 6) is -1.04. The first-order chi connectivity index (χ1) is 18.2. The molecule has 0 saturated carbocycles. The number of aliphatic carboxylic acids is 1. The summed E-state index contributed by atoms with van der Waals surface area (Å²) in [6.07, 6.45) is -1.79. The van der Waals surface area contributed by atoms with Gasteiger partial charge in [0.15, 0.2) is 0 Å². The second-order valence-corrected chi connectivity index (χ2v) is 10.4. The molecule has 8 nitrogen and oxygen atoms in total. The molecular formula is C28H27F3N4O4. The van der Waals surface area contributed by atoms with Gasteiger partial charge in [-0.3, -0.25) is 14.3 Å². The third-order valence-electron chi connectivity index (χ3n) is 6.73. The summed E-state index contributed by atoms with van der Waals surface area (Å²) in [4.78, 5) is 31.3. The van der Waals surface area contributed by atoms with Gasteiger partial charge < -0.3 is 14.7 Å². The predicted octanol–water partition coefficient (Wildman–Crippen LogP) is 5.85. The van der Waals surface area contributed by atoms with Crippen LogP contribution in [0, 0.1) is 11.3 Å². The molecule has 0 atom stereocenters. The second kappa shape index (κ2) is 10.1. The minimum atomic E-state index is -4.57. The molecule has 0 unspecified atom stereocenters. The Morgan fingerprint density at radius 3 is 2.33 bits per heavy atom. The summed E-state index contributed by atoms with van der Waals surface area (Å²) in [5, 5.41) is 19.7. The lowest BCUT2D eigenvalue weighted by Gasteiger charge is -2.40. The van der Waals surface area contributed by atoms with E-state index >= 15 is 0 Å². The van der Waals surface area contributed by atoms with Crippen LogP contribution in [0.5, 0.6) is 0 Å². The van der Waals surface area contributed by atoms with Crippen LogP contribution < -0.4 is 4.90 Å². The summed E-state index contributed by atoms with van der Waals surface area (Å²) in [7, 11) is 0. The van der Waals surface area contributed by atoms with E-state index in [9.17, 15) is 33.1 Å². The van der Waals surface area contributed by atoms with Gasteiger partial charge in [-0.15, -0.1) is 0 Å². The molecule has 1 aromatic carbocycles. The van der Waals surface area contributed by atoms with Gasteiger partial charge in [-0.2, -0.15) is 18.4 Å². The lowest BCUT2D eigenvalue weighted by Crippen LogP contribution is -2.47. The molecule has 1 aliphatic rings. The maximum absolute atomic E-state index is 13.1. The van der Waals surface area contributed by atoms with E-state index in [1.54, 1.807) is 56.1 Å². The van der Waals surface area contributed by atoms with Crippen molar-refractivity contribution in [2.75, 3.05) is 18.0 Å². The minimum Gasteiger partial charge on any atom is -0.481 e. The van der Waals surface area contributed by atoms with Gasteiger partial charge in [0.25, 0.3) is 0 Å². The van der Waals surface area contributed by atoms with Crippen LogP contribution in [0.4, 0.5) is 23.7 Å². The fraction of sp³-hybridized carbons (Fsp3) is 0.357. The summed E-state index contributed by atoms with van der Waals surface area (Å²) in [6, 6.07) is 11.5. The highest BCUT2D eigenvalue weighted by Gasteiger charge is 2.44. The molecule has 39 heavy (non-hydrogen) atoms. The predicted molar refractivity (Wildman–Crippen MR) is 136 cm³/mol. The fourth-order valence-electron chi connectivity index (χ4n) is 4.72. The molecule has 1 N–H and O–H groups in total. The lowest BCUT2D eigenvalue weighted by molar-refractivity contribution is -0.145. The molecule has 4 rings (SSSR count). The van der Waals surface area contributed by atoms with Crippen molar-refractivity contribution in [3.05, 3.63) is 71.5 Å². The number of alkyl halides is 3. The van der Waals surface area contributed by atoms with Gasteiger partial charge in [0.2, 0.25) is 0 Å². The summed E-state index contributed by atoms with van der Waals surface area (Å²) in [5.41, 5.74) is -1.24. The van der Waals surface area contributed by atoms with E-state index in [-0.39, 0.29) is 31.5 Å². The van der Waals surface area contributed by atoms with Crippen LogP contribution in [0.2, 0.25) is 0 Å². The number of anilines is 1. The van der Waals surface area contributed by atoms with Crippen LogP contribution in [0.3, 0.4) is 0 Å². The number of benzene rings is 1. The first-order valence-electron chi connectivity index (χ1n) is 12.2. The SMILES string of the molecule is CC(C)(C)OC(=O)n1cccc1-c1ccc(C2(C(=O)O)CCN(c3ccc(C(F)(F)F)cc3C#N)CC2)cn1. The van der Waals surface area contributed by atoms with E-state index in [1.165, 1.54) is 16.8 Å². The number of piperidine rings is 1. The van der Waals surface area contributed by atoms with E-state index in [2.05, 4.69) is 4.98 Å². The monoisotopic (exact) mass is 540 g/mol. The van der Waals surface area contributed by atoms with E-state index in [1.807, 2.05) is 6.07 Å². The Hall–Kier alpha value is -4.33. The van der Waals surface area contributed by atoms with E-state index in [0.29, 0.717) is 22.6 Å². The number of rotatable bonds is 4. The van der Waals surface area contributed by atoms with Crippen LogP contribution in [-0.4, -0.2) is 45.4 Å². The fourth-order valence-corrected chi connectivity index (χ4v) is 4.72.